The predicted octanol–water partition coefficient (Wildman–Crippen LogP) is 1.08. The van der Waals surface area contributed by atoms with Gasteiger partial charge in [-0.05, 0) is 26.0 Å². The summed E-state index contributed by atoms with van der Waals surface area (Å²) >= 11 is 0. The first kappa shape index (κ1) is 15.3. The lowest BCUT2D eigenvalue weighted by atomic mass is 9.96. The zero-order chi connectivity index (χ0) is 15.5. The van der Waals surface area contributed by atoms with Gasteiger partial charge in [-0.3, -0.25) is 4.79 Å². The highest BCUT2D eigenvalue weighted by Crippen LogP contribution is 2.24. The molecular weight excluding hydrogens is 274 g/mol. The van der Waals surface area contributed by atoms with Gasteiger partial charge >= 0.3 is 5.97 Å². The first-order chi connectivity index (χ1) is 9.88. The van der Waals surface area contributed by atoms with Crippen LogP contribution >= 0.6 is 0 Å². The number of benzene rings is 1. The molecule has 1 heterocycles. The van der Waals surface area contributed by atoms with Crippen molar-refractivity contribution in [3.63, 3.8) is 0 Å². The third-order valence-corrected chi connectivity index (χ3v) is 3.33. The van der Waals surface area contributed by atoms with E-state index in [-0.39, 0.29) is 19.1 Å². The Kier molecular flexibility index (Phi) is 4.47. The van der Waals surface area contributed by atoms with Crippen LogP contribution < -0.4 is 4.74 Å². The first-order valence-corrected chi connectivity index (χ1v) is 6.71. The van der Waals surface area contributed by atoms with Gasteiger partial charge < -0.3 is 19.5 Å². The number of carboxylic acid groups (broad SMARTS) is 1. The minimum atomic E-state index is -1.01. The lowest BCUT2D eigenvalue weighted by Gasteiger charge is -2.47. The van der Waals surface area contributed by atoms with Gasteiger partial charge in [0.2, 0.25) is 0 Å². The molecule has 0 aliphatic carbocycles. The molecular formula is C15H19NO5. The van der Waals surface area contributed by atoms with Gasteiger partial charge in [-0.1, -0.05) is 17.7 Å². The van der Waals surface area contributed by atoms with Crippen LogP contribution in [0, 0.1) is 6.92 Å². The highest BCUT2D eigenvalue weighted by atomic mass is 16.5. The molecule has 114 valence electrons. The molecule has 1 amide bonds. The number of carboxylic acids is 1. The Balaban J connectivity index is 1.73. The summed E-state index contributed by atoms with van der Waals surface area (Å²) in [5, 5.41) is 8.58. The van der Waals surface area contributed by atoms with Crippen LogP contribution in [-0.2, 0) is 14.3 Å². The van der Waals surface area contributed by atoms with E-state index < -0.39 is 11.6 Å². The molecule has 0 bridgehead atoms. The molecule has 0 aromatic heterocycles. The number of rotatable bonds is 6. The molecule has 0 spiro atoms. The fourth-order valence-corrected chi connectivity index (χ4v) is 2.14. The highest BCUT2D eigenvalue weighted by molar-refractivity contribution is 5.79. The number of likely N-dealkylation sites (tertiary alicyclic amines) is 1. The third kappa shape index (κ3) is 4.19. The Morgan fingerprint density at radius 3 is 2.43 bits per heavy atom. The Morgan fingerprint density at radius 2 is 1.86 bits per heavy atom. The molecule has 0 radical (unpaired) electrons. The maximum Gasteiger partial charge on any atom is 0.329 e. The number of carbonyl (C=O) groups is 2. The number of hydrogen-bond donors (Lipinski definition) is 1. The standard InChI is InChI=1S/C15H19NO5/c1-11-3-5-12(6-4-11)20-7-13(17)16-9-15(2,10-16)21-8-14(18)19/h3-6H,7-10H2,1-2H3,(H,18,19). The van der Waals surface area contributed by atoms with E-state index >= 15 is 0 Å². The zero-order valence-corrected chi connectivity index (χ0v) is 12.2. The maximum absolute atomic E-state index is 11.9. The molecule has 0 atom stereocenters. The second-order valence-corrected chi connectivity index (χ2v) is 5.48. The van der Waals surface area contributed by atoms with E-state index in [0.29, 0.717) is 18.8 Å². The zero-order valence-electron chi connectivity index (χ0n) is 12.2. The normalized spacial score (nSPS) is 16.2. The van der Waals surface area contributed by atoms with Crippen LogP contribution in [0.1, 0.15) is 12.5 Å². The molecule has 1 aliphatic rings. The molecule has 1 N–H and O–H groups in total. The van der Waals surface area contributed by atoms with E-state index in [9.17, 15) is 9.59 Å². The Labute approximate surface area is 123 Å². The SMILES string of the molecule is Cc1ccc(OCC(=O)N2CC(C)(OCC(=O)O)C2)cc1. The van der Waals surface area contributed by atoms with Gasteiger partial charge in [-0.15, -0.1) is 0 Å². The lowest BCUT2D eigenvalue weighted by molar-refractivity contribution is -0.174. The summed E-state index contributed by atoms with van der Waals surface area (Å²) < 4.78 is 10.7. The second-order valence-electron chi connectivity index (χ2n) is 5.48. The molecule has 1 aromatic carbocycles. The summed E-state index contributed by atoms with van der Waals surface area (Å²) in [5.41, 5.74) is 0.556. The van der Waals surface area contributed by atoms with Crippen LogP contribution in [-0.4, -0.2) is 53.8 Å². The van der Waals surface area contributed by atoms with Crippen molar-refractivity contribution in [3.05, 3.63) is 29.8 Å². The van der Waals surface area contributed by atoms with Crippen molar-refractivity contribution < 1.29 is 24.2 Å². The van der Waals surface area contributed by atoms with Crippen molar-refractivity contribution in [1.82, 2.24) is 4.90 Å². The fourth-order valence-electron chi connectivity index (χ4n) is 2.14. The van der Waals surface area contributed by atoms with Crippen molar-refractivity contribution in [2.24, 2.45) is 0 Å². The number of amides is 1. The van der Waals surface area contributed by atoms with E-state index in [1.165, 1.54) is 0 Å². The molecule has 0 unspecified atom stereocenters. The van der Waals surface area contributed by atoms with Crippen molar-refractivity contribution in [2.75, 3.05) is 26.3 Å². The van der Waals surface area contributed by atoms with Crippen LogP contribution in [0.3, 0.4) is 0 Å². The van der Waals surface area contributed by atoms with Gasteiger partial charge in [-0.25, -0.2) is 4.79 Å². The van der Waals surface area contributed by atoms with Crippen LogP contribution in [0.4, 0.5) is 0 Å². The molecule has 6 nitrogen and oxygen atoms in total. The lowest BCUT2D eigenvalue weighted by Crippen LogP contribution is -2.64. The Bertz CT molecular complexity index is 519. The van der Waals surface area contributed by atoms with Crippen molar-refractivity contribution in [2.45, 2.75) is 19.4 Å². The Morgan fingerprint density at radius 1 is 1.24 bits per heavy atom. The molecule has 21 heavy (non-hydrogen) atoms. The van der Waals surface area contributed by atoms with Gasteiger partial charge in [0.25, 0.3) is 5.91 Å². The summed E-state index contributed by atoms with van der Waals surface area (Å²) in [7, 11) is 0. The van der Waals surface area contributed by atoms with Crippen LogP contribution in [0.15, 0.2) is 24.3 Å². The monoisotopic (exact) mass is 293 g/mol. The van der Waals surface area contributed by atoms with E-state index in [2.05, 4.69) is 0 Å². The number of aliphatic carboxylic acids is 1. The molecule has 1 aromatic rings. The molecule has 6 heteroatoms. The van der Waals surface area contributed by atoms with E-state index in [1.54, 1.807) is 11.8 Å². The highest BCUT2D eigenvalue weighted by Gasteiger charge is 2.42. The molecule has 0 saturated carbocycles. The van der Waals surface area contributed by atoms with Crippen LogP contribution in [0.25, 0.3) is 0 Å². The van der Waals surface area contributed by atoms with E-state index in [4.69, 9.17) is 14.6 Å². The summed E-state index contributed by atoms with van der Waals surface area (Å²) in [6.07, 6.45) is 0. The second kappa shape index (κ2) is 6.13. The topological polar surface area (TPSA) is 76.1 Å². The average Bonchev–Trinajstić information content (AvgIpc) is 2.41. The number of aryl methyl sites for hydroxylation is 1. The smallest absolute Gasteiger partial charge is 0.329 e. The van der Waals surface area contributed by atoms with Crippen molar-refractivity contribution in [3.8, 4) is 5.75 Å². The number of nitrogens with zero attached hydrogens (tertiary/aromatic N) is 1. The molecule has 1 aliphatic heterocycles. The van der Waals surface area contributed by atoms with E-state index in [0.717, 1.165) is 5.56 Å². The van der Waals surface area contributed by atoms with Crippen molar-refractivity contribution in [1.29, 1.82) is 0 Å². The van der Waals surface area contributed by atoms with E-state index in [1.807, 2.05) is 31.2 Å². The Hall–Kier alpha value is -2.08. The van der Waals surface area contributed by atoms with Gasteiger partial charge in [0.1, 0.15) is 18.0 Å². The van der Waals surface area contributed by atoms with Crippen LogP contribution in [0.2, 0.25) is 0 Å². The summed E-state index contributed by atoms with van der Waals surface area (Å²) in [6.45, 7) is 4.16. The fraction of sp³-hybridized carbons (Fsp3) is 0.467. The van der Waals surface area contributed by atoms with Gasteiger partial charge in [-0.2, -0.15) is 0 Å². The van der Waals surface area contributed by atoms with Gasteiger partial charge in [0.15, 0.2) is 6.61 Å². The van der Waals surface area contributed by atoms with Gasteiger partial charge in [0, 0.05) is 0 Å². The summed E-state index contributed by atoms with van der Waals surface area (Å²) in [5.74, 6) is -0.491. The predicted molar refractivity (Wildman–Crippen MR) is 75.2 cm³/mol. The minimum Gasteiger partial charge on any atom is -0.484 e. The summed E-state index contributed by atoms with van der Waals surface area (Å²) in [4.78, 5) is 24.0. The molecule has 1 saturated heterocycles. The number of carbonyl (C=O) groups excluding carboxylic acids is 1. The van der Waals surface area contributed by atoms with Gasteiger partial charge in [0.05, 0.1) is 13.1 Å². The molecule has 1 fully saturated rings. The maximum atomic E-state index is 11.9. The first-order valence-electron chi connectivity index (χ1n) is 6.71. The quantitative estimate of drug-likeness (QED) is 0.849. The largest absolute Gasteiger partial charge is 0.484 e. The van der Waals surface area contributed by atoms with Crippen LogP contribution in [0.5, 0.6) is 5.75 Å². The third-order valence-electron chi connectivity index (χ3n) is 3.33. The number of hydrogen-bond acceptors (Lipinski definition) is 4. The number of ether oxygens (including phenoxy) is 2. The molecule has 2 rings (SSSR count). The van der Waals surface area contributed by atoms with Crippen molar-refractivity contribution >= 4 is 11.9 Å². The average molecular weight is 293 g/mol. The summed E-state index contributed by atoms with van der Waals surface area (Å²) in [6, 6.07) is 7.47. The minimum absolute atomic E-state index is 0.0297.